The van der Waals surface area contributed by atoms with Gasteiger partial charge >= 0.3 is 0 Å². The molecule has 0 aliphatic carbocycles. The Morgan fingerprint density at radius 3 is 3.00 bits per heavy atom. The SMILES string of the molecule is CC(CCNCc1ccsc1)S(C)=O. The van der Waals surface area contributed by atoms with Crippen molar-refractivity contribution in [3.05, 3.63) is 22.4 Å². The van der Waals surface area contributed by atoms with Crippen molar-refractivity contribution in [1.82, 2.24) is 5.32 Å². The molecule has 2 atom stereocenters. The molecule has 4 heteroatoms. The zero-order valence-corrected chi connectivity index (χ0v) is 10.3. The zero-order chi connectivity index (χ0) is 10.4. The molecule has 1 N–H and O–H groups in total. The van der Waals surface area contributed by atoms with E-state index in [2.05, 4.69) is 22.1 Å². The molecule has 2 unspecified atom stereocenters. The van der Waals surface area contributed by atoms with Gasteiger partial charge in [0.25, 0.3) is 0 Å². The van der Waals surface area contributed by atoms with Gasteiger partial charge in [-0.05, 0) is 35.4 Å². The van der Waals surface area contributed by atoms with Gasteiger partial charge in [-0.3, -0.25) is 4.21 Å². The van der Waals surface area contributed by atoms with Crippen LogP contribution in [0.3, 0.4) is 0 Å². The van der Waals surface area contributed by atoms with E-state index in [0.717, 1.165) is 19.5 Å². The Morgan fingerprint density at radius 2 is 2.43 bits per heavy atom. The highest BCUT2D eigenvalue weighted by molar-refractivity contribution is 7.84. The summed E-state index contributed by atoms with van der Waals surface area (Å²) < 4.78 is 11.1. The fourth-order valence-corrected chi connectivity index (χ4v) is 2.22. The summed E-state index contributed by atoms with van der Waals surface area (Å²) in [7, 11) is -0.688. The molecule has 0 fully saturated rings. The van der Waals surface area contributed by atoms with Crippen LogP contribution < -0.4 is 5.32 Å². The second-order valence-corrected chi connectivity index (χ2v) is 5.99. The minimum Gasteiger partial charge on any atom is -0.313 e. The summed E-state index contributed by atoms with van der Waals surface area (Å²) in [4.78, 5) is 0. The van der Waals surface area contributed by atoms with Crippen molar-refractivity contribution in [3.63, 3.8) is 0 Å². The Labute approximate surface area is 92.2 Å². The predicted octanol–water partition coefficient (Wildman–Crippen LogP) is 1.99. The van der Waals surface area contributed by atoms with E-state index in [-0.39, 0.29) is 0 Å². The number of hydrogen-bond acceptors (Lipinski definition) is 3. The van der Waals surface area contributed by atoms with Gasteiger partial charge in [-0.1, -0.05) is 6.92 Å². The van der Waals surface area contributed by atoms with Crippen LogP contribution in [-0.2, 0) is 17.3 Å². The fourth-order valence-electron chi connectivity index (χ4n) is 1.10. The van der Waals surface area contributed by atoms with Crippen molar-refractivity contribution in [2.24, 2.45) is 0 Å². The van der Waals surface area contributed by atoms with E-state index in [1.807, 2.05) is 6.92 Å². The van der Waals surface area contributed by atoms with Crippen molar-refractivity contribution >= 4 is 22.1 Å². The minimum absolute atomic E-state index is 0.296. The molecule has 0 radical (unpaired) electrons. The van der Waals surface area contributed by atoms with Crippen molar-refractivity contribution in [3.8, 4) is 0 Å². The maximum Gasteiger partial charge on any atom is 0.0329 e. The van der Waals surface area contributed by atoms with Crippen LogP contribution in [0, 0.1) is 0 Å². The maximum absolute atomic E-state index is 11.1. The first-order valence-corrected chi connectivity index (χ1v) is 7.30. The van der Waals surface area contributed by atoms with Crippen molar-refractivity contribution in [2.45, 2.75) is 25.1 Å². The van der Waals surface area contributed by atoms with E-state index >= 15 is 0 Å². The quantitative estimate of drug-likeness (QED) is 0.759. The van der Waals surface area contributed by atoms with Crippen LogP contribution in [0.25, 0.3) is 0 Å². The topological polar surface area (TPSA) is 29.1 Å². The number of thiophene rings is 1. The van der Waals surface area contributed by atoms with E-state index in [0.29, 0.717) is 5.25 Å². The van der Waals surface area contributed by atoms with Gasteiger partial charge in [-0.15, -0.1) is 0 Å². The average Bonchev–Trinajstić information content (AvgIpc) is 2.64. The van der Waals surface area contributed by atoms with Gasteiger partial charge in [0.2, 0.25) is 0 Å². The molecule has 1 heterocycles. The zero-order valence-electron chi connectivity index (χ0n) is 8.66. The average molecular weight is 231 g/mol. The molecule has 0 spiro atoms. The lowest BCUT2D eigenvalue weighted by Crippen LogP contribution is -2.20. The van der Waals surface area contributed by atoms with Crippen LogP contribution in [0.15, 0.2) is 16.8 Å². The Bertz CT molecular complexity index is 272. The lowest BCUT2D eigenvalue weighted by atomic mass is 10.3. The monoisotopic (exact) mass is 231 g/mol. The molecule has 1 rings (SSSR count). The lowest BCUT2D eigenvalue weighted by Gasteiger charge is -2.08. The van der Waals surface area contributed by atoms with Gasteiger partial charge in [-0.25, -0.2) is 0 Å². The molecule has 0 bridgehead atoms. The molecule has 14 heavy (non-hydrogen) atoms. The van der Waals surface area contributed by atoms with Crippen molar-refractivity contribution < 1.29 is 4.21 Å². The molecular weight excluding hydrogens is 214 g/mol. The minimum atomic E-state index is -0.688. The number of nitrogens with one attached hydrogen (secondary N) is 1. The summed E-state index contributed by atoms with van der Waals surface area (Å²) in [6.07, 6.45) is 2.75. The van der Waals surface area contributed by atoms with Gasteiger partial charge < -0.3 is 5.32 Å². The second kappa shape index (κ2) is 6.32. The Kier molecular flexibility index (Phi) is 5.37. The largest absolute Gasteiger partial charge is 0.313 e. The Morgan fingerprint density at radius 1 is 1.64 bits per heavy atom. The van der Waals surface area contributed by atoms with Crippen LogP contribution in [0.2, 0.25) is 0 Å². The first-order chi connectivity index (χ1) is 6.70. The van der Waals surface area contributed by atoms with Gasteiger partial charge in [-0.2, -0.15) is 11.3 Å². The number of rotatable bonds is 6. The number of hydrogen-bond donors (Lipinski definition) is 1. The molecule has 0 aromatic carbocycles. The summed E-state index contributed by atoms with van der Waals surface area (Å²) in [6.45, 7) is 3.89. The summed E-state index contributed by atoms with van der Waals surface area (Å²) in [5.74, 6) is 0. The standard InChI is InChI=1S/C10H17NOS2/c1-9(14(2)12)3-5-11-7-10-4-6-13-8-10/h4,6,8-9,11H,3,5,7H2,1-2H3. The van der Waals surface area contributed by atoms with Crippen LogP contribution in [0.1, 0.15) is 18.9 Å². The highest BCUT2D eigenvalue weighted by Gasteiger charge is 2.04. The molecule has 0 saturated heterocycles. The molecule has 2 nitrogen and oxygen atoms in total. The van der Waals surface area contributed by atoms with E-state index in [1.165, 1.54) is 5.56 Å². The molecule has 1 aromatic rings. The molecule has 0 aliphatic heterocycles. The molecule has 80 valence electrons. The molecule has 0 aliphatic rings. The van der Waals surface area contributed by atoms with Crippen LogP contribution >= 0.6 is 11.3 Å². The Balaban J connectivity index is 2.08. The summed E-state index contributed by atoms with van der Waals surface area (Å²) in [6, 6.07) is 2.12. The highest BCUT2D eigenvalue weighted by atomic mass is 32.2. The van der Waals surface area contributed by atoms with E-state index in [9.17, 15) is 4.21 Å². The van der Waals surface area contributed by atoms with Gasteiger partial charge in [0, 0.05) is 28.9 Å². The fraction of sp³-hybridized carbons (Fsp3) is 0.600. The third-order valence-electron chi connectivity index (χ3n) is 2.20. The second-order valence-electron chi connectivity index (χ2n) is 3.41. The van der Waals surface area contributed by atoms with Gasteiger partial charge in [0.15, 0.2) is 0 Å². The summed E-state index contributed by atoms with van der Waals surface area (Å²) >= 11 is 1.72. The highest BCUT2D eigenvalue weighted by Crippen LogP contribution is 2.05. The Hall–Kier alpha value is -0.190. The summed E-state index contributed by atoms with van der Waals surface area (Å²) in [5.41, 5.74) is 1.33. The molecular formula is C10H17NOS2. The predicted molar refractivity (Wildman–Crippen MR) is 64.2 cm³/mol. The van der Waals surface area contributed by atoms with Gasteiger partial charge in [0.05, 0.1) is 0 Å². The smallest absolute Gasteiger partial charge is 0.0329 e. The van der Waals surface area contributed by atoms with E-state index < -0.39 is 10.8 Å². The maximum atomic E-state index is 11.1. The van der Waals surface area contributed by atoms with Gasteiger partial charge in [0.1, 0.15) is 0 Å². The van der Waals surface area contributed by atoms with Crippen LogP contribution in [0.4, 0.5) is 0 Å². The normalized spacial score (nSPS) is 15.3. The van der Waals surface area contributed by atoms with E-state index in [1.54, 1.807) is 17.6 Å². The van der Waals surface area contributed by atoms with Crippen LogP contribution in [0.5, 0.6) is 0 Å². The van der Waals surface area contributed by atoms with Crippen molar-refractivity contribution in [1.29, 1.82) is 0 Å². The molecule has 0 amide bonds. The third-order valence-corrected chi connectivity index (χ3v) is 4.30. The summed E-state index contributed by atoms with van der Waals surface area (Å²) in [5, 5.41) is 7.87. The van der Waals surface area contributed by atoms with Crippen LogP contribution in [-0.4, -0.2) is 22.3 Å². The first kappa shape index (κ1) is 11.9. The lowest BCUT2D eigenvalue weighted by molar-refractivity contribution is 0.629. The third kappa shape index (κ3) is 4.35. The molecule has 0 saturated carbocycles. The first-order valence-electron chi connectivity index (χ1n) is 4.74. The molecule has 1 aromatic heterocycles. The van der Waals surface area contributed by atoms with Crippen molar-refractivity contribution in [2.75, 3.05) is 12.8 Å². The van der Waals surface area contributed by atoms with E-state index in [4.69, 9.17) is 0 Å².